The number of nitrogens with one attached hydrogen (secondary N) is 9. The summed E-state index contributed by atoms with van der Waals surface area (Å²) in [5, 5.41) is 98.8. The van der Waals surface area contributed by atoms with Gasteiger partial charge in [0.15, 0.2) is 0 Å². The summed E-state index contributed by atoms with van der Waals surface area (Å²) in [4.78, 5) is 163. The third-order valence-electron chi connectivity index (χ3n) is 14.3. The first-order valence-electron chi connectivity index (χ1n) is 30.7. The summed E-state index contributed by atoms with van der Waals surface area (Å²) >= 11 is 1.91. The van der Waals surface area contributed by atoms with Gasteiger partial charge in [-0.2, -0.15) is 0 Å². The molecule has 2 rings (SSSR count). The predicted molar refractivity (Wildman–Crippen MR) is 342 cm³/mol. The number of carboxylic acids is 7. The van der Waals surface area contributed by atoms with Crippen molar-refractivity contribution < 1.29 is 103 Å². The smallest absolute Gasteiger partial charge is 0.326 e. The summed E-state index contributed by atoms with van der Waals surface area (Å²) in [6.07, 6.45) is 3.13. The lowest BCUT2D eigenvalue weighted by atomic mass is 10.0. The average molecular weight is 1430 g/mol. The highest BCUT2D eigenvalue weighted by atomic mass is 127. The minimum atomic E-state index is -1.53. The van der Waals surface area contributed by atoms with Crippen molar-refractivity contribution in [3.8, 4) is 5.75 Å². The van der Waals surface area contributed by atoms with Gasteiger partial charge >= 0.3 is 47.8 Å². The molecule has 0 unspecified atom stereocenters. The van der Waals surface area contributed by atoms with E-state index in [1.54, 1.807) is 47.4 Å². The topological polar surface area (TPSA) is 498 Å². The Morgan fingerprint density at radius 1 is 0.409 bits per heavy atom. The van der Waals surface area contributed by atoms with Crippen molar-refractivity contribution in [2.24, 2.45) is 0 Å². The SMILES string of the molecule is O=C(O)CC[C@H](NC(=O)N[C@@H](CCCCNC(=O)CCCCCCC(=O)NCCCC[C@@H](NC(=O)[C@@H](Cc1ccccc1)NC(=O)[C@@H](Cc1ccc(O)c(I)c1)NC(=O)CCCN(CCNCC(=O)O)CCN(CCNCC(=O)O)CC(=O)O)C(=O)O)C(=O)O)C(=O)O. The number of benzene rings is 2. The molecule has 5 atom stereocenters. The predicted octanol–water partition coefficient (Wildman–Crippen LogP) is 0.122. The van der Waals surface area contributed by atoms with Crippen LogP contribution < -0.4 is 47.9 Å². The van der Waals surface area contributed by atoms with Gasteiger partial charge in [-0.25, -0.2) is 19.2 Å². The lowest BCUT2D eigenvalue weighted by molar-refractivity contribution is -0.143. The number of amides is 7. The van der Waals surface area contributed by atoms with Crippen LogP contribution >= 0.6 is 22.6 Å². The standard InChI is InChI=1S/C60H90IN11O21/c61-41-33-40(20-22-47(41)73)35-45(66-50(76)19-12-28-71(29-26-62-36-52(79)80)31-32-72(38-54(83)84)30-27-63-37-53(81)82)55(85)68-46(34-39-13-4-3-5-14-39)56(86)67-42(57(87)88)15-8-10-24-64-48(74)17-6-1-2-7-18-49(75)65-25-11-9-16-43(58(89)90)69-60(93)70-44(59(91)92)21-23-51(77)78/h3-5,13-14,20,22,33,42-46,62-63,73H,1-2,6-12,15-19,21,23-32,34-38H2,(H,64,74)(H,65,75)(H,66,76)(H,67,86)(H,68,85)(H,77,78)(H,79,80)(H,81,82)(H,83,84)(H,87,88)(H,89,90)(H,91,92)(H2,69,70,93)/t42-,43+,44+,45-,46-/m1/s1. The molecule has 0 aliphatic heterocycles. The van der Waals surface area contributed by atoms with E-state index in [1.165, 1.54) is 6.07 Å². The molecule has 32 nitrogen and oxygen atoms in total. The van der Waals surface area contributed by atoms with E-state index >= 15 is 0 Å². The zero-order valence-electron chi connectivity index (χ0n) is 51.9. The number of rotatable bonds is 53. The van der Waals surface area contributed by atoms with E-state index in [-0.39, 0.29) is 141 Å². The lowest BCUT2D eigenvalue weighted by Gasteiger charge is -2.27. The second-order valence-corrected chi connectivity index (χ2v) is 23.1. The van der Waals surface area contributed by atoms with Crippen LogP contribution in [0.2, 0.25) is 0 Å². The number of hydrogen-bond donors (Lipinski definition) is 17. The number of aromatic hydroxyl groups is 1. The van der Waals surface area contributed by atoms with Crippen LogP contribution in [0.25, 0.3) is 0 Å². The Labute approximate surface area is 551 Å². The van der Waals surface area contributed by atoms with Gasteiger partial charge in [-0.3, -0.25) is 48.1 Å². The van der Waals surface area contributed by atoms with Gasteiger partial charge < -0.3 is 93.6 Å². The molecule has 0 saturated heterocycles. The van der Waals surface area contributed by atoms with Crippen molar-refractivity contribution in [1.82, 2.24) is 57.7 Å². The lowest BCUT2D eigenvalue weighted by Crippen LogP contribution is -2.57. The van der Waals surface area contributed by atoms with Crippen LogP contribution in [0.4, 0.5) is 4.79 Å². The zero-order valence-corrected chi connectivity index (χ0v) is 54.0. The van der Waals surface area contributed by atoms with Crippen molar-refractivity contribution in [2.45, 2.75) is 146 Å². The van der Waals surface area contributed by atoms with Gasteiger partial charge in [0.1, 0.15) is 36.0 Å². The second-order valence-electron chi connectivity index (χ2n) is 22.0. The molecule has 2 aromatic rings. The number of phenols is 1. The molecular weight excluding hydrogens is 1340 g/mol. The van der Waals surface area contributed by atoms with E-state index in [4.69, 9.17) is 15.3 Å². The fourth-order valence-corrected chi connectivity index (χ4v) is 9.88. The van der Waals surface area contributed by atoms with Crippen LogP contribution in [0.15, 0.2) is 48.5 Å². The number of phenolic OH excluding ortho intramolecular Hbond substituents is 1. The molecule has 0 spiro atoms. The number of hydrogen-bond acceptors (Lipinski definition) is 18. The maximum absolute atomic E-state index is 14.4. The van der Waals surface area contributed by atoms with Gasteiger partial charge in [0.25, 0.3) is 0 Å². The van der Waals surface area contributed by atoms with Crippen molar-refractivity contribution in [3.63, 3.8) is 0 Å². The number of carbonyl (C=O) groups excluding carboxylic acids is 6. The van der Waals surface area contributed by atoms with Crippen molar-refractivity contribution in [3.05, 3.63) is 63.2 Å². The first-order chi connectivity index (χ1) is 44.2. The Bertz CT molecular complexity index is 2750. The third-order valence-corrected chi connectivity index (χ3v) is 15.1. The van der Waals surface area contributed by atoms with Crippen LogP contribution in [-0.2, 0) is 70.4 Å². The Hall–Kier alpha value is -8.28. The van der Waals surface area contributed by atoms with Crippen molar-refractivity contribution >= 4 is 99.9 Å². The van der Waals surface area contributed by atoms with Gasteiger partial charge in [-0.05, 0) is 117 Å². The molecule has 0 fully saturated rings. The molecular formula is C60H90IN11O21. The van der Waals surface area contributed by atoms with Gasteiger partial charge in [0, 0.05) is 90.9 Å². The normalized spacial score (nSPS) is 12.7. The zero-order chi connectivity index (χ0) is 69.1. The number of unbranched alkanes of at least 4 members (excludes halogenated alkanes) is 5. The summed E-state index contributed by atoms with van der Waals surface area (Å²) in [6, 6.07) is 5.26. The van der Waals surface area contributed by atoms with Crippen molar-refractivity contribution in [2.75, 3.05) is 78.5 Å². The van der Waals surface area contributed by atoms with Gasteiger partial charge in [0.2, 0.25) is 29.5 Å². The summed E-state index contributed by atoms with van der Waals surface area (Å²) in [7, 11) is 0. The van der Waals surface area contributed by atoms with E-state index in [2.05, 4.69) is 47.9 Å². The summed E-state index contributed by atoms with van der Waals surface area (Å²) in [5.74, 6) is -11.3. The van der Waals surface area contributed by atoms with E-state index in [0.717, 1.165) is 0 Å². The van der Waals surface area contributed by atoms with E-state index < -0.39 is 109 Å². The molecule has 33 heteroatoms. The number of carbonyl (C=O) groups is 13. The van der Waals surface area contributed by atoms with Crippen LogP contribution in [0.3, 0.4) is 0 Å². The van der Waals surface area contributed by atoms with Crippen LogP contribution in [-0.4, -0.2) is 237 Å². The second kappa shape index (κ2) is 46.7. The quantitative estimate of drug-likeness (QED) is 0.0309. The van der Waals surface area contributed by atoms with E-state index in [1.807, 2.05) is 27.5 Å². The molecule has 0 bridgehead atoms. The van der Waals surface area contributed by atoms with Crippen LogP contribution in [0, 0.1) is 3.57 Å². The minimum Gasteiger partial charge on any atom is -0.507 e. The fraction of sp³-hybridized carbons (Fsp3) is 0.583. The number of urea groups is 1. The van der Waals surface area contributed by atoms with Gasteiger partial charge in [-0.15, -0.1) is 0 Å². The molecule has 0 aliphatic rings. The maximum Gasteiger partial charge on any atom is 0.326 e. The molecule has 0 heterocycles. The average Bonchev–Trinajstić information content (AvgIpc) is 0.972. The highest BCUT2D eigenvalue weighted by Gasteiger charge is 2.31. The minimum absolute atomic E-state index is 0.0182. The molecule has 7 amide bonds. The molecule has 0 aromatic heterocycles. The molecule has 0 radical (unpaired) electrons. The molecule has 2 aromatic carbocycles. The van der Waals surface area contributed by atoms with Crippen molar-refractivity contribution in [1.29, 1.82) is 0 Å². The van der Waals surface area contributed by atoms with Gasteiger partial charge in [0.05, 0.1) is 23.2 Å². The van der Waals surface area contributed by atoms with Crippen LogP contribution in [0.1, 0.15) is 114 Å². The summed E-state index contributed by atoms with van der Waals surface area (Å²) < 4.78 is 0.461. The highest BCUT2D eigenvalue weighted by molar-refractivity contribution is 14.1. The Morgan fingerprint density at radius 3 is 1.39 bits per heavy atom. The monoisotopic (exact) mass is 1430 g/mol. The Balaban J connectivity index is 1.95. The van der Waals surface area contributed by atoms with E-state index in [0.29, 0.717) is 72.7 Å². The van der Waals surface area contributed by atoms with Gasteiger partial charge in [-0.1, -0.05) is 49.2 Å². The number of halogens is 1. The first kappa shape index (κ1) is 80.8. The van der Waals surface area contributed by atoms with Crippen LogP contribution in [0.5, 0.6) is 5.75 Å². The molecule has 17 N–H and O–H groups in total. The third kappa shape index (κ3) is 39.0. The maximum atomic E-state index is 14.4. The largest absolute Gasteiger partial charge is 0.507 e. The fourth-order valence-electron chi connectivity index (χ4n) is 9.30. The summed E-state index contributed by atoms with van der Waals surface area (Å²) in [5.41, 5.74) is 1.17. The number of aliphatic carboxylic acids is 7. The number of nitrogens with zero attached hydrogens (tertiary/aromatic N) is 2. The molecule has 518 valence electrons. The summed E-state index contributed by atoms with van der Waals surface area (Å²) in [6.45, 7) is 1.28. The first-order valence-corrected chi connectivity index (χ1v) is 31.7. The number of carboxylic acid groups (broad SMARTS) is 7. The Kier molecular flexibility index (Phi) is 40.6. The Morgan fingerprint density at radius 2 is 0.882 bits per heavy atom. The highest BCUT2D eigenvalue weighted by Crippen LogP contribution is 2.21. The molecule has 0 saturated carbocycles. The molecule has 0 aliphatic carbocycles. The molecule has 93 heavy (non-hydrogen) atoms. The van der Waals surface area contributed by atoms with E-state index in [9.17, 15) is 87.9 Å².